The van der Waals surface area contributed by atoms with Gasteiger partial charge in [0.15, 0.2) is 6.10 Å². The van der Waals surface area contributed by atoms with E-state index >= 15 is 0 Å². The third-order valence-corrected chi connectivity index (χ3v) is 5.11. The van der Waals surface area contributed by atoms with Crippen molar-refractivity contribution in [2.24, 2.45) is 5.92 Å². The summed E-state index contributed by atoms with van der Waals surface area (Å²) in [6, 6.07) is 8.81. The summed E-state index contributed by atoms with van der Waals surface area (Å²) in [4.78, 5) is 34.7. The van der Waals surface area contributed by atoms with Crippen LogP contribution < -0.4 is 5.32 Å². The average Bonchev–Trinajstić information content (AvgIpc) is 3.23. The number of amides is 1. The number of non-ortho nitro benzene ring substituents is 1. The number of hydrogen-bond donors (Lipinski definition) is 1. The molecule has 1 aromatic carbocycles. The van der Waals surface area contributed by atoms with E-state index in [-0.39, 0.29) is 17.4 Å². The first-order valence-corrected chi connectivity index (χ1v) is 9.77. The van der Waals surface area contributed by atoms with Crippen molar-refractivity contribution in [2.75, 3.05) is 6.54 Å². The standard InChI is InChI=1S/C21H24N2O6/c1-14(20(24)22-13-15-5-3-2-4-6-15)28-21(25)19-12-11-18(29-19)16-7-9-17(10-8-16)23(26)27/h7-12,14-15H,2-6,13H2,1H3,(H,22,24)/t14-/m1/s1. The zero-order valence-corrected chi connectivity index (χ0v) is 16.3. The molecule has 0 unspecified atom stereocenters. The summed E-state index contributed by atoms with van der Waals surface area (Å²) in [5.41, 5.74) is 0.556. The van der Waals surface area contributed by atoms with Crippen LogP contribution in [-0.4, -0.2) is 29.4 Å². The van der Waals surface area contributed by atoms with Gasteiger partial charge >= 0.3 is 5.97 Å². The molecular formula is C21H24N2O6. The van der Waals surface area contributed by atoms with Gasteiger partial charge in [0.1, 0.15) is 5.76 Å². The van der Waals surface area contributed by atoms with Crippen LogP contribution in [0, 0.1) is 16.0 Å². The Labute approximate surface area is 168 Å². The summed E-state index contributed by atoms with van der Waals surface area (Å²) < 4.78 is 10.7. The molecule has 0 saturated heterocycles. The number of nitro benzene ring substituents is 1. The molecule has 1 aromatic heterocycles. The van der Waals surface area contributed by atoms with Crippen LogP contribution >= 0.6 is 0 Å². The number of rotatable bonds is 7. The Morgan fingerprint density at radius 3 is 2.52 bits per heavy atom. The number of nitrogens with zero attached hydrogens (tertiary/aromatic N) is 1. The molecule has 0 radical (unpaired) electrons. The number of furan rings is 1. The minimum Gasteiger partial charge on any atom is -0.449 e. The van der Waals surface area contributed by atoms with Crippen molar-refractivity contribution in [1.29, 1.82) is 0 Å². The molecule has 1 saturated carbocycles. The smallest absolute Gasteiger partial charge is 0.375 e. The second-order valence-electron chi connectivity index (χ2n) is 7.26. The molecule has 0 spiro atoms. The Bertz CT molecular complexity index is 868. The molecule has 1 fully saturated rings. The van der Waals surface area contributed by atoms with E-state index < -0.39 is 17.0 Å². The normalized spacial score (nSPS) is 15.5. The van der Waals surface area contributed by atoms with E-state index in [0.29, 0.717) is 23.8 Å². The van der Waals surface area contributed by atoms with Gasteiger partial charge in [0.25, 0.3) is 11.6 Å². The van der Waals surface area contributed by atoms with Crippen LogP contribution in [0.5, 0.6) is 0 Å². The summed E-state index contributed by atoms with van der Waals surface area (Å²) in [5, 5.41) is 13.6. The highest BCUT2D eigenvalue weighted by molar-refractivity contribution is 5.90. The highest BCUT2D eigenvalue weighted by Gasteiger charge is 2.23. The summed E-state index contributed by atoms with van der Waals surface area (Å²) in [6.07, 6.45) is 4.95. The van der Waals surface area contributed by atoms with Gasteiger partial charge in [-0.3, -0.25) is 14.9 Å². The monoisotopic (exact) mass is 400 g/mol. The minimum absolute atomic E-state index is 0.0343. The number of benzene rings is 1. The van der Waals surface area contributed by atoms with Gasteiger partial charge in [-0.2, -0.15) is 0 Å². The second-order valence-corrected chi connectivity index (χ2v) is 7.26. The molecule has 1 heterocycles. The summed E-state index contributed by atoms with van der Waals surface area (Å²) in [7, 11) is 0. The third-order valence-electron chi connectivity index (χ3n) is 5.11. The molecule has 3 rings (SSSR count). The van der Waals surface area contributed by atoms with E-state index in [9.17, 15) is 19.7 Å². The summed E-state index contributed by atoms with van der Waals surface area (Å²) in [6.45, 7) is 2.13. The van der Waals surface area contributed by atoms with Crippen LogP contribution in [0.1, 0.15) is 49.6 Å². The van der Waals surface area contributed by atoms with Gasteiger partial charge in [0, 0.05) is 24.2 Å². The van der Waals surface area contributed by atoms with Gasteiger partial charge < -0.3 is 14.5 Å². The number of nitrogens with one attached hydrogen (secondary N) is 1. The van der Waals surface area contributed by atoms with Crippen LogP contribution in [0.2, 0.25) is 0 Å². The summed E-state index contributed by atoms with van der Waals surface area (Å²) >= 11 is 0. The predicted molar refractivity (Wildman–Crippen MR) is 105 cm³/mol. The molecule has 1 N–H and O–H groups in total. The van der Waals surface area contributed by atoms with E-state index in [0.717, 1.165) is 12.8 Å². The fraction of sp³-hybridized carbons (Fsp3) is 0.429. The Morgan fingerprint density at radius 1 is 1.17 bits per heavy atom. The zero-order valence-electron chi connectivity index (χ0n) is 16.3. The Kier molecular flexibility index (Phi) is 6.64. The van der Waals surface area contributed by atoms with Crippen molar-refractivity contribution < 1.29 is 23.7 Å². The van der Waals surface area contributed by atoms with E-state index in [1.807, 2.05) is 0 Å². The van der Waals surface area contributed by atoms with Crippen LogP contribution in [0.4, 0.5) is 5.69 Å². The van der Waals surface area contributed by atoms with Gasteiger partial charge in [0.2, 0.25) is 5.76 Å². The first-order chi connectivity index (χ1) is 13.9. The maximum absolute atomic E-state index is 12.3. The van der Waals surface area contributed by atoms with E-state index in [1.165, 1.54) is 56.5 Å². The van der Waals surface area contributed by atoms with Crippen molar-refractivity contribution in [3.8, 4) is 11.3 Å². The first kappa shape index (κ1) is 20.6. The molecule has 1 atom stereocenters. The lowest BCUT2D eigenvalue weighted by Gasteiger charge is -2.22. The molecule has 154 valence electrons. The van der Waals surface area contributed by atoms with E-state index in [4.69, 9.17) is 9.15 Å². The Hall–Kier alpha value is -3.16. The number of ether oxygens (including phenoxy) is 1. The Balaban J connectivity index is 1.53. The molecule has 1 amide bonds. The van der Waals surface area contributed by atoms with Gasteiger partial charge in [-0.1, -0.05) is 19.3 Å². The average molecular weight is 400 g/mol. The number of carbonyl (C=O) groups is 2. The molecule has 1 aliphatic carbocycles. The number of carbonyl (C=O) groups excluding carboxylic acids is 2. The first-order valence-electron chi connectivity index (χ1n) is 9.77. The van der Waals surface area contributed by atoms with Gasteiger partial charge in [-0.05, 0) is 49.9 Å². The van der Waals surface area contributed by atoms with E-state index in [2.05, 4.69) is 5.32 Å². The predicted octanol–water partition coefficient (Wildman–Crippen LogP) is 4.10. The van der Waals surface area contributed by atoms with Gasteiger partial charge in [0.05, 0.1) is 4.92 Å². The molecular weight excluding hydrogens is 376 g/mol. The SMILES string of the molecule is C[C@@H](OC(=O)c1ccc(-c2ccc([N+](=O)[O-])cc2)o1)C(=O)NCC1CCCCC1. The van der Waals surface area contributed by atoms with Crippen molar-refractivity contribution in [3.63, 3.8) is 0 Å². The largest absolute Gasteiger partial charge is 0.449 e. The lowest BCUT2D eigenvalue weighted by Crippen LogP contribution is -2.38. The topological polar surface area (TPSA) is 112 Å². The molecule has 2 aromatic rings. The fourth-order valence-corrected chi connectivity index (χ4v) is 3.40. The van der Waals surface area contributed by atoms with Crippen LogP contribution in [0.3, 0.4) is 0 Å². The minimum atomic E-state index is -0.931. The highest BCUT2D eigenvalue weighted by atomic mass is 16.6. The Morgan fingerprint density at radius 2 is 1.86 bits per heavy atom. The van der Waals surface area contributed by atoms with Crippen LogP contribution in [-0.2, 0) is 9.53 Å². The molecule has 8 heteroatoms. The van der Waals surface area contributed by atoms with Crippen molar-refractivity contribution in [2.45, 2.75) is 45.1 Å². The number of esters is 1. The van der Waals surface area contributed by atoms with Crippen molar-refractivity contribution in [3.05, 3.63) is 52.3 Å². The van der Waals surface area contributed by atoms with Crippen molar-refractivity contribution in [1.82, 2.24) is 5.32 Å². The summed E-state index contributed by atoms with van der Waals surface area (Å²) in [5.74, 6) is -0.235. The lowest BCUT2D eigenvalue weighted by molar-refractivity contribution is -0.384. The lowest BCUT2D eigenvalue weighted by atomic mass is 9.89. The molecule has 1 aliphatic rings. The third kappa shape index (κ3) is 5.43. The fourth-order valence-electron chi connectivity index (χ4n) is 3.40. The van der Waals surface area contributed by atoms with E-state index in [1.54, 1.807) is 6.07 Å². The number of hydrogen-bond acceptors (Lipinski definition) is 6. The maximum atomic E-state index is 12.3. The molecule has 8 nitrogen and oxygen atoms in total. The maximum Gasteiger partial charge on any atom is 0.375 e. The van der Waals surface area contributed by atoms with Gasteiger partial charge in [-0.15, -0.1) is 0 Å². The van der Waals surface area contributed by atoms with Crippen LogP contribution in [0.15, 0.2) is 40.8 Å². The van der Waals surface area contributed by atoms with Gasteiger partial charge in [-0.25, -0.2) is 4.79 Å². The molecule has 0 aliphatic heterocycles. The zero-order chi connectivity index (χ0) is 20.8. The molecule has 29 heavy (non-hydrogen) atoms. The van der Waals surface area contributed by atoms with Crippen molar-refractivity contribution >= 4 is 17.6 Å². The number of nitro groups is 1. The quantitative estimate of drug-likeness (QED) is 0.425. The van der Waals surface area contributed by atoms with Crippen LogP contribution in [0.25, 0.3) is 11.3 Å². The highest BCUT2D eigenvalue weighted by Crippen LogP contribution is 2.25. The molecule has 0 bridgehead atoms. The second kappa shape index (κ2) is 9.36.